The van der Waals surface area contributed by atoms with E-state index in [1.807, 2.05) is 36.4 Å². The van der Waals surface area contributed by atoms with Crippen LogP contribution in [0.15, 0.2) is 108 Å². The summed E-state index contributed by atoms with van der Waals surface area (Å²) >= 11 is 0. The number of rotatable bonds is 20. The van der Waals surface area contributed by atoms with Crippen LogP contribution in [0.5, 0.6) is 28.7 Å². The van der Waals surface area contributed by atoms with E-state index in [1.165, 1.54) is 36.7 Å². The highest BCUT2D eigenvalue weighted by Crippen LogP contribution is 2.72. The molecular weight excluding hydrogens is 1090 g/mol. The second-order valence-electron chi connectivity index (χ2n) is 22.7. The van der Waals surface area contributed by atoms with Gasteiger partial charge in [-0.2, -0.15) is 0 Å². The van der Waals surface area contributed by atoms with E-state index in [4.69, 9.17) is 15.2 Å². The number of allylic oxidation sites excluding steroid dienone is 1. The molecule has 1 aromatic heterocycles. The number of carboxylic acid groups (broad SMARTS) is 1. The average molecular weight is 1160 g/mol. The molecule has 13 atom stereocenters. The molecule has 84 heavy (non-hydrogen) atoms. The van der Waals surface area contributed by atoms with Gasteiger partial charge in [0.05, 0.1) is 31.3 Å². The Bertz CT molecular complexity index is 3310. The predicted octanol–water partition coefficient (Wildman–Crippen LogP) is 2.38. The van der Waals surface area contributed by atoms with Gasteiger partial charge < -0.3 is 91.9 Å². The van der Waals surface area contributed by atoms with Gasteiger partial charge in [0.25, 0.3) is 5.91 Å². The van der Waals surface area contributed by atoms with Crippen LogP contribution in [0.4, 0.5) is 5.69 Å². The number of nitrogens with zero attached hydrogens (tertiary/aromatic N) is 3. The smallest absolute Gasteiger partial charge is 0.355 e. The van der Waals surface area contributed by atoms with Crippen molar-refractivity contribution in [2.24, 2.45) is 34.4 Å². The van der Waals surface area contributed by atoms with Crippen LogP contribution in [-0.2, 0) is 39.1 Å². The first kappa shape index (κ1) is 59.6. The maximum absolute atomic E-state index is 15.7. The lowest BCUT2D eigenvalue weighted by atomic mass is 9.43. The quantitative estimate of drug-likeness (QED) is 0.0101. The monoisotopic (exact) mass is 1160 g/mol. The van der Waals surface area contributed by atoms with Gasteiger partial charge in [0.2, 0.25) is 5.75 Å². The summed E-state index contributed by atoms with van der Waals surface area (Å²) in [7, 11) is 0. The molecule has 5 aliphatic rings. The van der Waals surface area contributed by atoms with Crippen LogP contribution in [0.25, 0.3) is 6.08 Å². The van der Waals surface area contributed by atoms with Crippen molar-refractivity contribution >= 4 is 29.6 Å². The Hall–Kier alpha value is -7.58. The minimum absolute atomic E-state index is 0.0205. The summed E-state index contributed by atoms with van der Waals surface area (Å²) < 4.78 is 11.1. The summed E-state index contributed by atoms with van der Waals surface area (Å²) in [6.07, 6.45) is 0.0685. The van der Waals surface area contributed by atoms with Gasteiger partial charge in [-0.3, -0.25) is 9.69 Å². The molecule has 23 heteroatoms. The molecule has 0 radical (unpaired) electrons. The molecule has 3 aliphatic carbocycles. The van der Waals surface area contributed by atoms with E-state index in [0.29, 0.717) is 78.7 Å². The fourth-order valence-corrected chi connectivity index (χ4v) is 14.3. The van der Waals surface area contributed by atoms with Crippen LogP contribution in [0.1, 0.15) is 89.9 Å². The van der Waals surface area contributed by atoms with Crippen molar-refractivity contribution in [1.29, 1.82) is 0 Å². The molecule has 1 saturated heterocycles. The molecule has 448 valence electrons. The van der Waals surface area contributed by atoms with E-state index in [1.54, 1.807) is 18.3 Å². The zero-order chi connectivity index (χ0) is 59.8. The van der Waals surface area contributed by atoms with Crippen LogP contribution in [0.3, 0.4) is 0 Å². The van der Waals surface area contributed by atoms with Crippen LogP contribution in [0, 0.1) is 23.7 Å². The lowest BCUT2D eigenvalue weighted by Gasteiger charge is -2.60. The number of fused-ring (bicyclic) bond motifs is 6. The Kier molecular flexibility index (Phi) is 17.2. The number of aliphatic imine (C=N–C) groups is 1. The number of phenolic OH excluding ortho intramolecular Hbond substituents is 4. The number of carbonyl (C=O) groups excluding carboxylic acids is 1. The predicted molar refractivity (Wildman–Crippen MR) is 302 cm³/mol. The first-order valence-corrected chi connectivity index (χ1v) is 28.2. The molecule has 5 aromatic rings. The number of nitrogens with one attached hydrogen (secondary N) is 2. The highest BCUT2D eigenvalue weighted by molar-refractivity contribution is 6.13. The first-order valence-electron chi connectivity index (χ1n) is 28.2. The average Bonchev–Trinajstić information content (AvgIpc) is 1.47. The normalized spacial score (nSPS) is 29.4. The minimum atomic E-state index is -3.38. The molecule has 0 unspecified atom stereocenters. The lowest BCUT2D eigenvalue weighted by Crippen LogP contribution is -2.67. The van der Waals surface area contributed by atoms with Crippen LogP contribution >= 0.6 is 0 Å². The van der Waals surface area contributed by atoms with E-state index < -0.39 is 132 Å². The van der Waals surface area contributed by atoms with Crippen molar-refractivity contribution in [2.75, 3.05) is 31.3 Å². The van der Waals surface area contributed by atoms with Crippen LogP contribution in [0.2, 0.25) is 0 Å². The number of nitrogens with two attached hydrogens (primary N) is 1. The highest BCUT2D eigenvalue weighted by atomic mass is 16.8. The fraction of sp³-hybridized carbons (Fsp3) is 0.443. The number of H-pyrrole nitrogens is 1. The molecule has 3 heterocycles. The van der Waals surface area contributed by atoms with Crippen molar-refractivity contribution in [2.45, 2.75) is 118 Å². The molecular formula is C61H72N6O17. The minimum Gasteiger partial charge on any atom is -0.508 e. The molecule has 17 N–H and O–H groups in total. The summed E-state index contributed by atoms with van der Waals surface area (Å²) in [6.45, 7) is -1.31. The molecule has 2 aliphatic heterocycles. The topological polar surface area (TPSA) is 398 Å². The maximum Gasteiger partial charge on any atom is 0.355 e. The Labute approximate surface area is 483 Å². The largest absolute Gasteiger partial charge is 0.508 e. The van der Waals surface area contributed by atoms with E-state index in [-0.39, 0.29) is 48.7 Å². The number of phenols is 4. The number of anilines is 1. The second kappa shape index (κ2) is 24.2. The fourth-order valence-electron chi connectivity index (χ4n) is 14.3. The van der Waals surface area contributed by atoms with Gasteiger partial charge in [-0.05, 0) is 116 Å². The van der Waals surface area contributed by atoms with Crippen molar-refractivity contribution in [1.82, 2.24) is 15.3 Å². The highest BCUT2D eigenvalue weighted by Gasteiger charge is 2.72. The maximum atomic E-state index is 15.7. The van der Waals surface area contributed by atoms with Crippen LogP contribution in [-0.4, -0.2) is 163 Å². The number of imidazole rings is 1. The number of carboxylic acids is 1. The number of aromatic hydroxyl groups is 4. The number of benzene rings is 4. The van der Waals surface area contributed by atoms with Gasteiger partial charge in [-0.1, -0.05) is 54.1 Å². The molecule has 1 saturated carbocycles. The lowest BCUT2D eigenvalue weighted by molar-refractivity contribution is -0.422. The molecule has 2 fully saturated rings. The Morgan fingerprint density at radius 1 is 0.917 bits per heavy atom. The van der Waals surface area contributed by atoms with Crippen molar-refractivity contribution < 1.29 is 85.4 Å². The van der Waals surface area contributed by atoms with Crippen molar-refractivity contribution in [3.63, 3.8) is 0 Å². The Morgan fingerprint density at radius 2 is 1.70 bits per heavy atom. The molecule has 1 amide bonds. The second-order valence-corrected chi connectivity index (χ2v) is 22.7. The summed E-state index contributed by atoms with van der Waals surface area (Å²) in [5.74, 6) is -14.1. The summed E-state index contributed by atoms with van der Waals surface area (Å²) in [4.78, 5) is 43.0. The number of aromatic amines is 1. The summed E-state index contributed by atoms with van der Waals surface area (Å²) in [5, 5.41) is 153. The van der Waals surface area contributed by atoms with Gasteiger partial charge in [-0.15, -0.1) is 0 Å². The number of aliphatic hydroxyl groups is 8. The number of hydrogen-bond donors (Lipinski definition) is 16. The number of guanidine groups is 1. The van der Waals surface area contributed by atoms with Crippen molar-refractivity contribution in [3.05, 3.63) is 142 Å². The number of ether oxygens (including phenoxy) is 2. The number of aliphatic carboxylic acids is 1. The number of aryl methyl sites for hydroxylation is 1. The number of amides is 1. The first-order chi connectivity index (χ1) is 40.3. The molecule has 0 bridgehead atoms. The van der Waals surface area contributed by atoms with E-state index >= 15 is 9.59 Å². The molecule has 23 nitrogen and oxygen atoms in total. The van der Waals surface area contributed by atoms with E-state index in [9.17, 15) is 66.4 Å². The third kappa shape index (κ3) is 10.5. The van der Waals surface area contributed by atoms with Crippen LogP contribution < -0.4 is 20.7 Å². The summed E-state index contributed by atoms with van der Waals surface area (Å²) in [5.41, 5.74) is 5.19. The van der Waals surface area contributed by atoms with Gasteiger partial charge in [-0.25, -0.2) is 14.8 Å². The van der Waals surface area contributed by atoms with Gasteiger partial charge in [0.1, 0.15) is 29.8 Å². The molecule has 4 aromatic carbocycles. The molecule has 10 rings (SSSR count). The number of aromatic nitrogens is 2. The third-order valence-corrected chi connectivity index (χ3v) is 18.1. The van der Waals surface area contributed by atoms with E-state index in [0.717, 1.165) is 22.6 Å². The van der Waals surface area contributed by atoms with Gasteiger partial charge in [0, 0.05) is 84.2 Å². The Balaban J connectivity index is 1.13. The SMILES string of the molecule is NC(=NCc1ccccc1)NCCC[C@H](O)CCC1=C[C@]2(C(=O)O)[C@@H](c3c(cc(O[C@]4(O)O[C@H](CO)[C@@H](O)[C@H](O)[C@H]4O)c(O)c3O)N2C(=O)/C=C/c2ccc(O)c(Cc3cnc[nH]3)c2)[C@H]1[C@]12c3c(O)cccc3CC[C@H]1CC[C@@H](CO)[C@H]2CO. The zero-order valence-electron chi connectivity index (χ0n) is 45.9. The number of aliphatic hydroxyl groups excluding tert-OH is 7. The van der Waals surface area contributed by atoms with Gasteiger partial charge >= 0.3 is 11.9 Å². The Morgan fingerprint density at radius 3 is 2.42 bits per heavy atom. The summed E-state index contributed by atoms with van der Waals surface area (Å²) in [6, 6.07) is 20.0. The number of carbonyl (C=O) groups is 2. The van der Waals surface area contributed by atoms with E-state index in [2.05, 4.69) is 20.3 Å². The standard InChI is InChI=1S/C61H72N6O17/c62-58(65-26-33-6-2-1-3-7-33)64-21-5-9-40(71)18-15-35-25-59(57(80)81)51(50(35)60-38(17-14-36(28-68)41(60)29-69)16-13-34-8-4-10-44(73)49(34)60)48-42(24-45(52(75)54(48)77)83-61(82)56(79)55(78)53(76)46(30-70)84-61)67(59)47(74)20-12-32-11-19-43(72)37(22-32)23-39-27-63-31-66-39/h1-4,6-8,10-12,19-20,22,24-25,27,31,36,38,40-41,46,50-51,53,55-56,68-73,75-79,82H,5,9,13-18,21,23,26,28-30H2,(H,63,66)(H,80,81)(H3,62,64,65)/b20-12+/t36-,38-,40-,41+,46+,50-,51-,53+,55-,56+,59+,60+,61-/m0/s1. The molecule has 0 spiro atoms. The van der Waals surface area contributed by atoms with Crippen molar-refractivity contribution in [3.8, 4) is 28.7 Å². The number of hydrogen-bond acceptors (Lipinski definition) is 18. The zero-order valence-corrected chi connectivity index (χ0v) is 45.9. The third-order valence-electron chi connectivity index (χ3n) is 18.1. The van der Waals surface area contributed by atoms with Gasteiger partial charge in [0.15, 0.2) is 29.1 Å².